The first-order valence-corrected chi connectivity index (χ1v) is 9.09. The van der Waals surface area contributed by atoms with Crippen molar-refractivity contribution in [2.75, 3.05) is 13.1 Å². The molecule has 1 aliphatic heterocycles. The number of likely N-dealkylation sites (tertiary alicyclic amines) is 1. The molecule has 0 saturated carbocycles. The molecule has 2 heterocycles. The number of aromatic amines is 1. The van der Waals surface area contributed by atoms with Crippen LogP contribution in [0.25, 0.3) is 0 Å². The molecule has 1 aromatic carbocycles. The fourth-order valence-corrected chi connectivity index (χ4v) is 3.52. The minimum Gasteiger partial charge on any atom is -0.337 e. The largest absolute Gasteiger partial charge is 0.337 e. The molecule has 0 radical (unpaired) electrons. The highest BCUT2D eigenvalue weighted by atomic mass is 19.1. The first-order chi connectivity index (χ1) is 12.0. The van der Waals surface area contributed by atoms with Gasteiger partial charge in [-0.15, -0.1) is 0 Å². The Balaban J connectivity index is 1.53. The first kappa shape index (κ1) is 17.6. The number of amides is 1. The predicted octanol–water partition coefficient (Wildman–Crippen LogP) is 3.84. The van der Waals surface area contributed by atoms with Crippen LogP contribution in [0.5, 0.6) is 0 Å². The molecule has 0 atom stereocenters. The summed E-state index contributed by atoms with van der Waals surface area (Å²) in [6.45, 7) is 5.77. The second-order valence-corrected chi connectivity index (χ2v) is 7.45. The molecule has 134 valence electrons. The van der Waals surface area contributed by atoms with Gasteiger partial charge in [-0.25, -0.2) is 4.39 Å². The summed E-state index contributed by atoms with van der Waals surface area (Å²) < 4.78 is 13.3. The molecular formula is C20H26FN3O. The summed E-state index contributed by atoms with van der Waals surface area (Å²) in [5.74, 6) is 0.861. The lowest BCUT2D eigenvalue weighted by molar-refractivity contribution is 0.0684. The Kier molecular flexibility index (Phi) is 5.51. The van der Waals surface area contributed by atoms with Gasteiger partial charge < -0.3 is 4.90 Å². The van der Waals surface area contributed by atoms with Crippen LogP contribution in [-0.4, -0.2) is 34.1 Å². The zero-order chi connectivity index (χ0) is 17.8. The van der Waals surface area contributed by atoms with E-state index in [2.05, 4.69) is 24.0 Å². The summed E-state index contributed by atoms with van der Waals surface area (Å²) in [5.41, 5.74) is 2.56. The molecule has 25 heavy (non-hydrogen) atoms. The van der Waals surface area contributed by atoms with E-state index in [1.165, 1.54) is 6.07 Å². The molecular weight excluding hydrogens is 317 g/mol. The molecule has 3 rings (SSSR count). The van der Waals surface area contributed by atoms with Crippen LogP contribution in [0.2, 0.25) is 0 Å². The molecule has 0 unspecified atom stereocenters. The van der Waals surface area contributed by atoms with Crippen LogP contribution in [-0.2, 0) is 12.8 Å². The van der Waals surface area contributed by atoms with Gasteiger partial charge in [0, 0.05) is 18.8 Å². The van der Waals surface area contributed by atoms with Crippen molar-refractivity contribution in [2.24, 2.45) is 11.8 Å². The van der Waals surface area contributed by atoms with Crippen molar-refractivity contribution in [1.82, 2.24) is 15.1 Å². The van der Waals surface area contributed by atoms with E-state index in [0.29, 0.717) is 17.5 Å². The zero-order valence-electron chi connectivity index (χ0n) is 15.0. The molecule has 5 heteroatoms. The van der Waals surface area contributed by atoms with E-state index in [4.69, 9.17) is 0 Å². The van der Waals surface area contributed by atoms with Crippen LogP contribution in [0, 0.1) is 17.7 Å². The molecule has 2 aromatic rings. The van der Waals surface area contributed by atoms with E-state index < -0.39 is 0 Å². The van der Waals surface area contributed by atoms with Gasteiger partial charge in [0.1, 0.15) is 11.5 Å². The minimum absolute atomic E-state index is 0.00969. The van der Waals surface area contributed by atoms with E-state index in [-0.39, 0.29) is 11.7 Å². The van der Waals surface area contributed by atoms with Crippen LogP contribution in [0.4, 0.5) is 4.39 Å². The van der Waals surface area contributed by atoms with Crippen molar-refractivity contribution in [3.05, 3.63) is 53.1 Å². The fourth-order valence-electron chi connectivity index (χ4n) is 3.52. The second kappa shape index (κ2) is 7.81. The third-order valence-corrected chi connectivity index (χ3v) is 4.79. The number of rotatable bonds is 5. The summed E-state index contributed by atoms with van der Waals surface area (Å²) in [6, 6.07) is 8.69. The SMILES string of the molecule is CC(C)Cc1cc(C(=O)N2CCC(Cc3cccc(F)c3)CC2)n[nH]1. The lowest BCUT2D eigenvalue weighted by Crippen LogP contribution is -2.39. The molecule has 1 fully saturated rings. The highest BCUT2D eigenvalue weighted by molar-refractivity contribution is 5.92. The number of benzene rings is 1. The van der Waals surface area contributed by atoms with Crippen LogP contribution < -0.4 is 0 Å². The number of carbonyl (C=O) groups excluding carboxylic acids is 1. The number of nitrogens with zero attached hydrogens (tertiary/aromatic N) is 2. The fraction of sp³-hybridized carbons (Fsp3) is 0.500. The third kappa shape index (κ3) is 4.68. The van der Waals surface area contributed by atoms with Crippen molar-refractivity contribution in [2.45, 2.75) is 39.5 Å². The first-order valence-electron chi connectivity index (χ1n) is 9.09. The second-order valence-electron chi connectivity index (χ2n) is 7.45. The number of nitrogens with one attached hydrogen (secondary N) is 1. The van der Waals surface area contributed by atoms with Crippen LogP contribution in [0.15, 0.2) is 30.3 Å². The number of hydrogen-bond acceptors (Lipinski definition) is 2. The van der Waals surface area contributed by atoms with Crippen molar-refractivity contribution >= 4 is 5.91 Å². The molecule has 0 aliphatic carbocycles. The molecule has 1 aromatic heterocycles. The molecule has 1 saturated heterocycles. The maximum absolute atomic E-state index is 13.3. The van der Waals surface area contributed by atoms with Crippen LogP contribution in [0.3, 0.4) is 0 Å². The molecule has 4 nitrogen and oxygen atoms in total. The van der Waals surface area contributed by atoms with Crippen molar-refractivity contribution in [3.63, 3.8) is 0 Å². The number of H-pyrrole nitrogens is 1. The Morgan fingerprint density at radius 3 is 2.76 bits per heavy atom. The predicted molar refractivity (Wildman–Crippen MR) is 95.9 cm³/mol. The summed E-state index contributed by atoms with van der Waals surface area (Å²) in [4.78, 5) is 14.5. The Hall–Kier alpha value is -2.17. The highest BCUT2D eigenvalue weighted by Gasteiger charge is 2.25. The maximum atomic E-state index is 13.3. The van der Waals surface area contributed by atoms with Gasteiger partial charge in [0.25, 0.3) is 5.91 Å². The van der Waals surface area contributed by atoms with E-state index in [9.17, 15) is 9.18 Å². The molecule has 0 spiro atoms. The van der Waals surface area contributed by atoms with E-state index >= 15 is 0 Å². The van der Waals surface area contributed by atoms with Gasteiger partial charge >= 0.3 is 0 Å². The summed E-state index contributed by atoms with van der Waals surface area (Å²) in [6.07, 6.45) is 3.67. The summed E-state index contributed by atoms with van der Waals surface area (Å²) in [5, 5.41) is 7.15. The molecule has 1 aliphatic rings. The van der Waals surface area contributed by atoms with Gasteiger partial charge in [-0.1, -0.05) is 26.0 Å². The Labute approximate surface area is 148 Å². The van der Waals surface area contributed by atoms with Gasteiger partial charge in [-0.3, -0.25) is 9.89 Å². The maximum Gasteiger partial charge on any atom is 0.274 e. The average Bonchev–Trinajstić information content (AvgIpc) is 3.02. The molecule has 1 amide bonds. The average molecular weight is 343 g/mol. The Morgan fingerprint density at radius 2 is 2.08 bits per heavy atom. The quantitative estimate of drug-likeness (QED) is 0.897. The molecule has 1 N–H and O–H groups in total. The normalized spacial score (nSPS) is 15.8. The van der Waals surface area contributed by atoms with Gasteiger partial charge in [-0.2, -0.15) is 5.10 Å². The summed E-state index contributed by atoms with van der Waals surface area (Å²) >= 11 is 0. The van der Waals surface area contributed by atoms with Gasteiger partial charge in [-0.05, 0) is 61.3 Å². The molecule has 0 bridgehead atoms. The van der Waals surface area contributed by atoms with Gasteiger partial charge in [0.05, 0.1) is 0 Å². The van der Waals surface area contributed by atoms with Gasteiger partial charge in [0.15, 0.2) is 0 Å². The van der Waals surface area contributed by atoms with Crippen LogP contribution in [0.1, 0.15) is 48.4 Å². The highest BCUT2D eigenvalue weighted by Crippen LogP contribution is 2.23. The van der Waals surface area contributed by atoms with E-state index in [0.717, 1.165) is 50.0 Å². The monoisotopic (exact) mass is 343 g/mol. The lowest BCUT2D eigenvalue weighted by atomic mass is 9.90. The van der Waals surface area contributed by atoms with Crippen molar-refractivity contribution < 1.29 is 9.18 Å². The Morgan fingerprint density at radius 1 is 1.32 bits per heavy atom. The number of halogens is 1. The lowest BCUT2D eigenvalue weighted by Gasteiger charge is -2.31. The standard InChI is InChI=1S/C20H26FN3O/c1-14(2)10-18-13-19(23-22-18)20(25)24-8-6-15(7-9-24)11-16-4-3-5-17(21)12-16/h3-5,12-15H,6-11H2,1-2H3,(H,22,23). The zero-order valence-corrected chi connectivity index (χ0v) is 15.0. The van der Waals surface area contributed by atoms with Crippen molar-refractivity contribution in [1.29, 1.82) is 0 Å². The number of aromatic nitrogens is 2. The smallest absolute Gasteiger partial charge is 0.274 e. The van der Waals surface area contributed by atoms with E-state index in [1.54, 1.807) is 12.1 Å². The van der Waals surface area contributed by atoms with Gasteiger partial charge in [0.2, 0.25) is 0 Å². The van der Waals surface area contributed by atoms with Crippen LogP contribution >= 0.6 is 0 Å². The third-order valence-electron chi connectivity index (χ3n) is 4.79. The summed E-state index contributed by atoms with van der Waals surface area (Å²) in [7, 11) is 0. The topological polar surface area (TPSA) is 49.0 Å². The van der Waals surface area contributed by atoms with Crippen molar-refractivity contribution in [3.8, 4) is 0 Å². The number of carbonyl (C=O) groups is 1. The number of hydrogen-bond donors (Lipinski definition) is 1. The number of piperidine rings is 1. The minimum atomic E-state index is -0.180. The Bertz CT molecular complexity index is 717. The van der Waals surface area contributed by atoms with E-state index in [1.807, 2.05) is 17.0 Å².